The fourth-order valence-electron chi connectivity index (χ4n) is 3.73. The molecule has 0 radical (unpaired) electrons. The number of benzene rings is 4. The van der Waals surface area contributed by atoms with Crippen LogP contribution >= 0.6 is 23.2 Å². The van der Waals surface area contributed by atoms with Crippen LogP contribution in [0.3, 0.4) is 0 Å². The summed E-state index contributed by atoms with van der Waals surface area (Å²) in [7, 11) is 0. The molecule has 2 amide bonds. The molecule has 5 aromatic rings. The van der Waals surface area contributed by atoms with Crippen LogP contribution in [0.4, 0.5) is 17.1 Å². The van der Waals surface area contributed by atoms with E-state index in [-0.39, 0.29) is 24.2 Å². The summed E-state index contributed by atoms with van der Waals surface area (Å²) in [5.41, 5.74) is 12.9. The molecule has 0 fully saturated rings. The first kappa shape index (κ1) is 31.2. The first-order valence-corrected chi connectivity index (χ1v) is 13.8. The summed E-state index contributed by atoms with van der Waals surface area (Å²) >= 11 is 11.5. The number of carbonyl (C=O) groups is 2. The van der Waals surface area contributed by atoms with Crippen LogP contribution in [0, 0.1) is 20.8 Å². The van der Waals surface area contributed by atoms with Gasteiger partial charge in [0.1, 0.15) is 12.4 Å². The Kier molecular flexibility index (Phi) is 11.8. The molecular weight excluding hydrogens is 557 g/mol. The van der Waals surface area contributed by atoms with Crippen LogP contribution in [0.15, 0.2) is 97.1 Å². The van der Waals surface area contributed by atoms with E-state index in [1.807, 2.05) is 118 Å². The standard InChI is InChI=1S/C16H14ClN3O.C9H10ClNO.C7H9N/c1-11-6-2-3-7-12(11)18-15(21)10-20-14-9-5-4-8-13(14)19-16(20)17;1-7-4-2-3-5-8(7)11-9(12)6-10;1-6-4-2-3-5-7(6)8/h2-9H,10H2,1H3,(H,18,21);2-5H,6H2,1H3,(H,11,12);2-5H,8H2,1H3. The summed E-state index contributed by atoms with van der Waals surface area (Å²) in [6.07, 6.45) is 0. The third-order valence-corrected chi connectivity index (χ3v) is 6.59. The van der Waals surface area contributed by atoms with Gasteiger partial charge in [0.2, 0.25) is 17.1 Å². The lowest BCUT2D eigenvalue weighted by Crippen LogP contribution is -2.19. The lowest BCUT2D eigenvalue weighted by Gasteiger charge is -2.09. The Morgan fingerprint density at radius 2 is 1.22 bits per heavy atom. The minimum atomic E-state index is -0.175. The Bertz CT molecular complexity index is 1600. The van der Waals surface area contributed by atoms with Crippen molar-refractivity contribution in [1.82, 2.24) is 9.55 Å². The van der Waals surface area contributed by atoms with E-state index in [9.17, 15) is 9.59 Å². The van der Waals surface area contributed by atoms with Crippen molar-refractivity contribution in [2.45, 2.75) is 27.3 Å². The van der Waals surface area contributed by atoms with Crippen LogP contribution in [0.25, 0.3) is 11.0 Å². The normalized spacial score (nSPS) is 10.1. The molecule has 0 spiro atoms. The smallest absolute Gasteiger partial charge is 0.244 e. The number of fused-ring (bicyclic) bond motifs is 1. The van der Waals surface area contributed by atoms with Crippen molar-refractivity contribution in [1.29, 1.82) is 0 Å². The number of nitrogen functional groups attached to an aromatic ring is 1. The maximum atomic E-state index is 12.2. The minimum absolute atomic E-state index is 0.00562. The number of amides is 2. The third-order valence-electron chi connectivity index (χ3n) is 6.06. The maximum absolute atomic E-state index is 12.2. The minimum Gasteiger partial charge on any atom is -0.399 e. The summed E-state index contributed by atoms with van der Waals surface area (Å²) < 4.78 is 1.70. The first-order valence-electron chi connectivity index (χ1n) is 12.9. The molecule has 212 valence electrons. The number of para-hydroxylation sites is 5. The molecule has 5 rings (SSSR count). The van der Waals surface area contributed by atoms with E-state index in [0.717, 1.165) is 44.8 Å². The van der Waals surface area contributed by atoms with Crippen molar-refractivity contribution in [3.63, 3.8) is 0 Å². The first-order chi connectivity index (χ1) is 19.7. The molecule has 41 heavy (non-hydrogen) atoms. The van der Waals surface area contributed by atoms with Gasteiger partial charge in [-0.25, -0.2) is 4.98 Å². The topological polar surface area (TPSA) is 102 Å². The van der Waals surface area contributed by atoms with E-state index in [0.29, 0.717) is 5.28 Å². The van der Waals surface area contributed by atoms with Gasteiger partial charge >= 0.3 is 0 Å². The average molecular weight is 591 g/mol. The van der Waals surface area contributed by atoms with Crippen molar-refractivity contribution >= 4 is 63.1 Å². The summed E-state index contributed by atoms with van der Waals surface area (Å²) in [5.74, 6) is -0.311. The zero-order chi connectivity index (χ0) is 29.8. The fraction of sp³-hybridized carbons (Fsp3) is 0.156. The van der Waals surface area contributed by atoms with E-state index in [4.69, 9.17) is 28.9 Å². The van der Waals surface area contributed by atoms with E-state index in [2.05, 4.69) is 15.6 Å². The highest BCUT2D eigenvalue weighted by Crippen LogP contribution is 2.20. The number of anilines is 3. The molecule has 4 aromatic carbocycles. The van der Waals surface area contributed by atoms with Gasteiger partial charge in [-0.3, -0.25) is 9.59 Å². The van der Waals surface area contributed by atoms with Gasteiger partial charge in [0, 0.05) is 17.1 Å². The molecule has 9 heteroatoms. The monoisotopic (exact) mass is 589 g/mol. The molecule has 0 atom stereocenters. The fourth-order valence-corrected chi connectivity index (χ4v) is 4.04. The van der Waals surface area contributed by atoms with Crippen molar-refractivity contribution in [3.8, 4) is 0 Å². The van der Waals surface area contributed by atoms with Crippen LogP contribution in [-0.4, -0.2) is 27.2 Å². The largest absolute Gasteiger partial charge is 0.399 e. The number of imidazole rings is 1. The van der Waals surface area contributed by atoms with Crippen LogP contribution in [-0.2, 0) is 16.1 Å². The quantitative estimate of drug-likeness (QED) is 0.147. The number of alkyl halides is 1. The van der Waals surface area contributed by atoms with Gasteiger partial charge in [-0.05, 0) is 79.4 Å². The molecular formula is C32H33Cl2N5O2. The molecule has 1 heterocycles. The Hall–Kier alpha value is -4.33. The highest BCUT2D eigenvalue weighted by atomic mass is 35.5. The SMILES string of the molecule is Cc1ccccc1N.Cc1ccccc1NC(=O)CCl.Cc1ccccc1NC(=O)Cn1c(Cl)nc2ccccc21. The molecule has 0 aliphatic rings. The average Bonchev–Trinajstić information content (AvgIpc) is 3.28. The number of carbonyl (C=O) groups excluding carboxylic acids is 2. The van der Waals surface area contributed by atoms with Crippen molar-refractivity contribution in [2.24, 2.45) is 0 Å². The van der Waals surface area contributed by atoms with Crippen LogP contribution in [0.1, 0.15) is 16.7 Å². The summed E-state index contributed by atoms with van der Waals surface area (Å²) in [6, 6.07) is 30.6. The molecule has 0 unspecified atom stereocenters. The van der Waals surface area contributed by atoms with Gasteiger partial charge in [-0.1, -0.05) is 66.7 Å². The van der Waals surface area contributed by atoms with Gasteiger partial charge in [0.05, 0.1) is 11.0 Å². The molecule has 0 saturated heterocycles. The number of nitrogens with two attached hydrogens (primary N) is 1. The number of aromatic nitrogens is 2. The van der Waals surface area contributed by atoms with Crippen molar-refractivity contribution < 1.29 is 9.59 Å². The lowest BCUT2D eigenvalue weighted by atomic mass is 10.2. The van der Waals surface area contributed by atoms with Crippen LogP contribution in [0.5, 0.6) is 0 Å². The summed E-state index contributed by atoms with van der Waals surface area (Å²) in [6.45, 7) is 6.02. The summed E-state index contributed by atoms with van der Waals surface area (Å²) in [4.78, 5) is 27.3. The number of aryl methyl sites for hydroxylation is 3. The Balaban J connectivity index is 0.000000194. The second-order valence-electron chi connectivity index (χ2n) is 9.17. The number of rotatable bonds is 5. The number of nitrogens with one attached hydrogen (secondary N) is 2. The maximum Gasteiger partial charge on any atom is 0.244 e. The number of nitrogens with zero attached hydrogens (tertiary/aromatic N) is 2. The van der Waals surface area contributed by atoms with Gasteiger partial charge in [0.15, 0.2) is 0 Å². The molecule has 0 aliphatic carbocycles. The molecule has 0 saturated carbocycles. The molecule has 7 nitrogen and oxygen atoms in total. The lowest BCUT2D eigenvalue weighted by molar-refractivity contribution is -0.116. The van der Waals surface area contributed by atoms with E-state index < -0.39 is 0 Å². The Labute approximate surface area is 250 Å². The van der Waals surface area contributed by atoms with Crippen LogP contribution < -0.4 is 16.4 Å². The van der Waals surface area contributed by atoms with Gasteiger partial charge in [-0.15, -0.1) is 11.6 Å². The number of hydrogen-bond acceptors (Lipinski definition) is 4. The van der Waals surface area contributed by atoms with E-state index in [1.54, 1.807) is 4.57 Å². The van der Waals surface area contributed by atoms with Crippen LogP contribution in [0.2, 0.25) is 5.28 Å². The third kappa shape index (κ3) is 9.38. The Morgan fingerprint density at radius 1 is 0.732 bits per heavy atom. The molecule has 0 aliphatic heterocycles. The zero-order valence-electron chi connectivity index (χ0n) is 23.2. The number of halogens is 2. The predicted octanol–water partition coefficient (Wildman–Crippen LogP) is 7.39. The molecule has 4 N–H and O–H groups in total. The summed E-state index contributed by atoms with van der Waals surface area (Å²) in [5, 5.41) is 5.90. The molecule has 1 aromatic heterocycles. The highest BCUT2D eigenvalue weighted by molar-refractivity contribution is 6.29. The number of hydrogen-bond donors (Lipinski definition) is 3. The Morgan fingerprint density at radius 3 is 1.73 bits per heavy atom. The van der Waals surface area contributed by atoms with Crippen molar-refractivity contribution in [2.75, 3.05) is 22.2 Å². The van der Waals surface area contributed by atoms with E-state index >= 15 is 0 Å². The second kappa shape index (κ2) is 15.5. The second-order valence-corrected chi connectivity index (χ2v) is 9.78. The van der Waals surface area contributed by atoms with Gasteiger partial charge in [-0.2, -0.15) is 0 Å². The van der Waals surface area contributed by atoms with E-state index in [1.165, 1.54) is 0 Å². The van der Waals surface area contributed by atoms with Gasteiger partial charge < -0.3 is 20.9 Å². The van der Waals surface area contributed by atoms with Crippen molar-refractivity contribution in [3.05, 3.63) is 119 Å². The highest BCUT2D eigenvalue weighted by Gasteiger charge is 2.12. The predicted molar refractivity (Wildman–Crippen MR) is 171 cm³/mol. The van der Waals surface area contributed by atoms with Gasteiger partial charge in [0.25, 0.3) is 0 Å². The zero-order valence-corrected chi connectivity index (χ0v) is 24.7. The molecule has 0 bridgehead atoms.